The fourth-order valence-electron chi connectivity index (χ4n) is 2.33. The second-order valence-electron chi connectivity index (χ2n) is 4.92. The van der Waals surface area contributed by atoms with E-state index in [4.69, 9.17) is 0 Å². The average molecular weight is 340 g/mol. The third-order valence-corrected chi connectivity index (χ3v) is 4.93. The Bertz CT molecular complexity index is 457. The van der Waals surface area contributed by atoms with Gasteiger partial charge >= 0.3 is 0 Å². The molecule has 2 aromatic heterocycles. The van der Waals surface area contributed by atoms with Gasteiger partial charge in [0.2, 0.25) is 10.3 Å². The van der Waals surface area contributed by atoms with Crippen molar-refractivity contribution in [1.29, 1.82) is 0 Å². The largest absolute Gasteiger partial charge is 0.344 e. The van der Waals surface area contributed by atoms with Crippen LogP contribution in [-0.2, 0) is 0 Å². The number of rotatable bonds is 2. The highest BCUT2D eigenvalue weighted by molar-refractivity contribution is 7.09. The van der Waals surface area contributed by atoms with E-state index in [-0.39, 0.29) is 0 Å². The Kier molecular flexibility index (Phi) is 5.87. The lowest BCUT2D eigenvalue weighted by Crippen LogP contribution is -2.43. The van der Waals surface area contributed by atoms with E-state index in [9.17, 15) is 0 Å². The summed E-state index contributed by atoms with van der Waals surface area (Å²) in [7, 11) is 0. The van der Waals surface area contributed by atoms with Gasteiger partial charge in [-0.25, -0.2) is 9.97 Å². The fraction of sp³-hybridized carbons (Fsp3) is 0.667. The molecule has 0 aromatic carbocycles. The van der Waals surface area contributed by atoms with Crippen LogP contribution in [0.1, 0.15) is 0 Å². The molecule has 120 valence electrons. The SMILES string of the molecule is c1nsc(N2CCNCC2)n1.c1nsc(N2CCNCC2)n1. The van der Waals surface area contributed by atoms with Crippen LogP contribution in [0.2, 0.25) is 0 Å². The van der Waals surface area contributed by atoms with Crippen LogP contribution in [0.25, 0.3) is 0 Å². The van der Waals surface area contributed by atoms with Gasteiger partial charge in [0.25, 0.3) is 0 Å². The van der Waals surface area contributed by atoms with Crippen LogP contribution in [0.15, 0.2) is 12.7 Å². The number of anilines is 2. The lowest BCUT2D eigenvalue weighted by Gasteiger charge is -2.26. The van der Waals surface area contributed by atoms with Crippen molar-refractivity contribution < 1.29 is 0 Å². The van der Waals surface area contributed by atoms with Gasteiger partial charge in [0.15, 0.2) is 0 Å². The summed E-state index contributed by atoms with van der Waals surface area (Å²) < 4.78 is 7.93. The summed E-state index contributed by atoms with van der Waals surface area (Å²) in [6.07, 6.45) is 3.23. The van der Waals surface area contributed by atoms with Gasteiger partial charge in [0.05, 0.1) is 0 Å². The first-order valence-corrected chi connectivity index (χ1v) is 8.93. The average Bonchev–Trinajstić information content (AvgIpc) is 3.31. The van der Waals surface area contributed by atoms with Crippen molar-refractivity contribution in [3.8, 4) is 0 Å². The van der Waals surface area contributed by atoms with Crippen molar-refractivity contribution in [3.05, 3.63) is 12.7 Å². The molecule has 8 nitrogen and oxygen atoms in total. The zero-order valence-electron chi connectivity index (χ0n) is 12.3. The molecular formula is C12H20N8S2. The molecule has 2 N–H and O–H groups in total. The highest BCUT2D eigenvalue weighted by Gasteiger charge is 2.12. The van der Waals surface area contributed by atoms with Crippen molar-refractivity contribution >= 4 is 33.3 Å². The van der Waals surface area contributed by atoms with E-state index in [0.29, 0.717) is 0 Å². The Morgan fingerprint density at radius 1 is 0.727 bits per heavy atom. The molecule has 2 aromatic rings. The molecule has 10 heteroatoms. The molecule has 0 saturated carbocycles. The second-order valence-corrected chi connectivity index (χ2v) is 6.44. The molecule has 2 fully saturated rings. The zero-order chi connectivity index (χ0) is 15.0. The molecule has 2 aliphatic rings. The maximum atomic E-state index is 4.15. The van der Waals surface area contributed by atoms with Crippen LogP contribution in [0.4, 0.5) is 10.3 Å². The van der Waals surface area contributed by atoms with Crippen LogP contribution in [0, 0.1) is 0 Å². The summed E-state index contributed by atoms with van der Waals surface area (Å²) in [5.41, 5.74) is 0. The predicted molar refractivity (Wildman–Crippen MR) is 90.0 cm³/mol. The van der Waals surface area contributed by atoms with Gasteiger partial charge in [-0.1, -0.05) is 0 Å². The van der Waals surface area contributed by atoms with Gasteiger partial charge in [0, 0.05) is 75.4 Å². The Labute approximate surface area is 137 Å². The summed E-state index contributed by atoms with van der Waals surface area (Å²) in [6, 6.07) is 0. The Hall–Kier alpha value is -1.36. The second kappa shape index (κ2) is 8.32. The Morgan fingerprint density at radius 2 is 1.14 bits per heavy atom. The van der Waals surface area contributed by atoms with E-state index < -0.39 is 0 Å². The number of hydrogen-bond donors (Lipinski definition) is 2. The first-order valence-electron chi connectivity index (χ1n) is 7.38. The topological polar surface area (TPSA) is 82.1 Å². The number of nitrogens with zero attached hydrogens (tertiary/aromatic N) is 6. The Morgan fingerprint density at radius 3 is 1.45 bits per heavy atom. The van der Waals surface area contributed by atoms with Gasteiger partial charge in [-0.05, 0) is 0 Å². The molecule has 2 saturated heterocycles. The van der Waals surface area contributed by atoms with Gasteiger partial charge in [-0.15, -0.1) is 0 Å². The highest BCUT2D eigenvalue weighted by atomic mass is 32.1. The molecule has 0 aliphatic carbocycles. The van der Waals surface area contributed by atoms with E-state index in [2.05, 4.69) is 39.1 Å². The summed E-state index contributed by atoms with van der Waals surface area (Å²) in [6.45, 7) is 8.42. The quantitative estimate of drug-likeness (QED) is 0.784. The standard InChI is InChI=1S/2C6H10N4S/c2*1-3-10(4-2-7-1)6-8-5-9-11-6/h2*5,7H,1-4H2. The highest BCUT2D eigenvalue weighted by Crippen LogP contribution is 2.14. The molecule has 2 aliphatic heterocycles. The minimum absolute atomic E-state index is 1.05. The van der Waals surface area contributed by atoms with Gasteiger partial charge in [0.1, 0.15) is 12.7 Å². The third-order valence-electron chi connectivity index (χ3n) is 3.47. The molecular weight excluding hydrogens is 320 g/mol. The maximum Gasteiger partial charge on any atom is 0.205 e. The van der Waals surface area contributed by atoms with E-state index in [1.54, 1.807) is 12.7 Å². The molecule has 22 heavy (non-hydrogen) atoms. The third kappa shape index (κ3) is 4.32. The smallest absolute Gasteiger partial charge is 0.205 e. The van der Waals surface area contributed by atoms with Crippen LogP contribution in [0.5, 0.6) is 0 Å². The molecule has 4 rings (SSSR count). The van der Waals surface area contributed by atoms with E-state index in [1.165, 1.54) is 23.1 Å². The van der Waals surface area contributed by atoms with E-state index >= 15 is 0 Å². The molecule has 0 atom stereocenters. The molecule has 4 heterocycles. The van der Waals surface area contributed by atoms with Crippen LogP contribution in [0.3, 0.4) is 0 Å². The van der Waals surface area contributed by atoms with Crippen molar-refractivity contribution in [2.24, 2.45) is 0 Å². The van der Waals surface area contributed by atoms with E-state index in [0.717, 1.165) is 62.6 Å². The molecule has 0 unspecified atom stereocenters. The van der Waals surface area contributed by atoms with Gasteiger partial charge in [-0.2, -0.15) is 8.75 Å². The minimum Gasteiger partial charge on any atom is -0.344 e. The van der Waals surface area contributed by atoms with Crippen LogP contribution in [-0.4, -0.2) is 71.1 Å². The summed E-state index contributed by atoms with van der Waals surface area (Å²) in [5, 5.41) is 8.68. The maximum absolute atomic E-state index is 4.15. The Balaban J connectivity index is 0.000000131. The van der Waals surface area contributed by atoms with Crippen molar-refractivity contribution in [2.45, 2.75) is 0 Å². The molecule has 0 bridgehead atoms. The number of hydrogen-bond acceptors (Lipinski definition) is 10. The summed E-state index contributed by atoms with van der Waals surface area (Å²) >= 11 is 2.93. The molecule has 0 amide bonds. The molecule has 0 radical (unpaired) electrons. The number of piperazine rings is 2. The van der Waals surface area contributed by atoms with Crippen LogP contribution < -0.4 is 20.4 Å². The normalized spacial score (nSPS) is 18.7. The lowest BCUT2D eigenvalue weighted by molar-refractivity contribution is 0.588. The van der Waals surface area contributed by atoms with Gasteiger partial charge < -0.3 is 20.4 Å². The van der Waals surface area contributed by atoms with E-state index in [1.807, 2.05) is 0 Å². The monoisotopic (exact) mass is 340 g/mol. The van der Waals surface area contributed by atoms with Crippen molar-refractivity contribution in [1.82, 2.24) is 29.3 Å². The first-order chi connectivity index (χ1) is 10.9. The summed E-state index contributed by atoms with van der Waals surface area (Å²) in [4.78, 5) is 12.8. The first kappa shape index (κ1) is 15.5. The van der Waals surface area contributed by atoms with Crippen molar-refractivity contribution in [3.63, 3.8) is 0 Å². The van der Waals surface area contributed by atoms with Gasteiger partial charge in [-0.3, -0.25) is 0 Å². The fourth-order valence-corrected chi connectivity index (χ4v) is 3.49. The minimum atomic E-state index is 1.05. The van der Waals surface area contributed by atoms with Crippen LogP contribution >= 0.6 is 23.1 Å². The molecule has 0 spiro atoms. The zero-order valence-corrected chi connectivity index (χ0v) is 13.9. The van der Waals surface area contributed by atoms with Crippen molar-refractivity contribution in [2.75, 3.05) is 62.2 Å². The predicted octanol–water partition coefficient (Wildman–Crippen LogP) is -0.105. The lowest BCUT2D eigenvalue weighted by atomic mass is 10.4. The number of aromatic nitrogens is 4. The number of nitrogens with one attached hydrogen (secondary N) is 2. The summed E-state index contributed by atoms with van der Waals surface area (Å²) in [5.74, 6) is 0.